The van der Waals surface area contributed by atoms with Crippen LogP contribution in [0.15, 0.2) is 48.8 Å². The van der Waals surface area contributed by atoms with Crippen molar-refractivity contribution in [2.75, 3.05) is 19.6 Å². The van der Waals surface area contributed by atoms with Gasteiger partial charge in [0.05, 0.1) is 6.04 Å². The summed E-state index contributed by atoms with van der Waals surface area (Å²) in [5.74, 6) is 0.256. The number of nitrogens with one attached hydrogen (secondary N) is 2. The van der Waals surface area contributed by atoms with Crippen LogP contribution in [0.4, 0.5) is 4.39 Å². The quantitative estimate of drug-likeness (QED) is 0.859. The molecule has 1 saturated heterocycles. The van der Waals surface area contributed by atoms with E-state index in [1.54, 1.807) is 0 Å². The van der Waals surface area contributed by atoms with Gasteiger partial charge in [-0.15, -0.1) is 0 Å². The maximum atomic E-state index is 13.1. The Kier molecular flexibility index (Phi) is 5.33. The molecule has 0 bridgehead atoms. The normalized spacial score (nSPS) is 21.0. The highest BCUT2D eigenvalue weighted by molar-refractivity contribution is 5.21. The second-order valence-electron chi connectivity index (χ2n) is 6.00. The molecule has 0 spiro atoms. The fourth-order valence-electron chi connectivity index (χ4n) is 3.11. The summed E-state index contributed by atoms with van der Waals surface area (Å²) in [6.45, 7) is 6.00. The van der Waals surface area contributed by atoms with Crippen molar-refractivity contribution >= 4 is 0 Å². The zero-order valence-electron chi connectivity index (χ0n) is 13.4. The van der Waals surface area contributed by atoms with Crippen LogP contribution in [-0.4, -0.2) is 29.5 Å². The van der Waals surface area contributed by atoms with Crippen LogP contribution in [0.3, 0.4) is 0 Å². The minimum Gasteiger partial charge on any atom is -0.299 e. The van der Waals surface area contributed by atoms with Crippen molar-refractivity contribution in [3.8, 4) is 0 Å². The molecule has 0 saturated carbocycles. The van der Waals surface area contributed by atoms with E-state index in [1.807, 2.05) is 24.5 Å². The van der Waals surface area contributed by atoms with Crippen LogP contribution in [-0.2, 0) is 6.54 Å². The van der Waals surface area contributed by atoms with Gasteiger partial charge in [-0.05, 0) is 41.9 Å². The van der Waals surface area contributed by atoms with E-state index < -0.39 is 0 Å². The van der Waals surface area contributed by atoms with Gasteiger partial charge < -0.3 is 0 Å². The molecule has 122 valence electrons. The summed E-state index contributed by atoms with van der Waals surface area (Å²) in [5.41, 5.74) is 8.98. The lowest BCUT2D eigenvalue weighted by Gasteiger charge is -2.27. The van der Waals surface area contributed by atoms with Crippen LogP contribution in [0.25, 0.3) is 0 Å². The summed E-state index contributed by atoms with van der Waals surface area (Å²) < 4.78 is 13.1. The van der Waals surface area contributed by atoms with Crippen LogP contribution in [0.2, 0.25) is 0 Å². The molecule has 2 heterocycles. The van der Waals surface area contributed by atoms with Gasteiger partial charge in [0.1, 0.15) is 5.82 Å². The molecule has 0 amide bonds. The van der Waals surface area contributed by atoms with E-state index in [1.165, 1.54) is 17.7 Å². The Morgan fingerprint density at radius 2 is 1.91 bits per heavy atom. The zero-order valence-corrected chi connectivity index (χ0v) is 13.4. The summed E-state index contributed by atoms with van der Waals surface area (Å²) in [7, 11) is 0. The first-order chi connectivity index (χ1) is 11.3. The summed E-state index contributed by atoms with van der Waals surface area (Å²) in [6.07, 6.45) is 3.67. The van der Waals surface area contributed by atoms with Gasteiger partial charge in [0.25, 0.3) is 0 Å². The molecule has 0 radical (unpaired) electrons. The van der Waals surface area contributed by atoms with Crippen molar-refractivity contribution in [3.63, 3.8) is 0 Å². The minimum atomic E-state index is -0.191. The molecule has 1 aliphatic heterocycles. The molecule has 4 nitrogen and oxygen atoms in total. The highest BCUT2D eigenvalue weighted by Crippen LogP contribution is 2.26. The van der Waals surface area contributed by atoms with Crippen LogP contribution in [0, 0.1) is 11.7 Å². The number of halogens is 1. The molecule has 2 unspecified atom stereocenters. The Morgan fingerprint density at radius 3 is 2.61 bits per heavy atom. The van der Waals surface area contributed by atoms with Gasteiger partial charge in [-0.2, -0.15) is 0 Å². The lowest BCUT2D eigenvalue weighted by molar-refractivity contribution is 0.228. The second kappa shape index (κ2) is 7.64. The molecule has 0 aliphatic carbocycles. The van der Waals surface area contributed by atoms with E-state index in [4.69, 9.17) is 0 Å². The largest absolute Gasteiger partial charge is 0.299 e. The Morgan fingerprint density at radius 1 is 1.17 bits per heavy atom. The van der Waals surface area contributed by atoms with Crippen molar-refractivity contribution in [2.24, 2.45) is 5.92 Å². The van der Waals surface area contributed by atoms with Crippen LogP contribution in [0.1, 0.15) is 24.1 Å². The number of pyridine rings is 1. The van der Waals surface area contributed by atoms with Crippen molar-refractivity contribution < 1.29 is 4.39 Å². The van der Waals surface area contributed by atoms with Gasteiger partial charge in [-0.1, -0.05) is 19.1 Å². The summed E-state index contributed by atoms with van der Waals surface area (Å²) in [6, 6.07) is 11.1. The highest BCUT2D eigenvalue weighted by Gasteiger charge is 2.29. The maximum Gasteiger partial charge on any atom is 0.123 e. The third-order valence-corrected chi connectivity index (χ3v) is 4.42. The standard InChI is InChI=1S/C18H23FN4/c1-2-23(12-14-7-9-20-10-8-14)13-16-11-21-22-18(16)15-3-5-17(19)6-4-15/h3-10,16,18,21-22H,2,11-13H2,1H3. The molecular weight excluding hydrogens is 291 g/mol. The number of aromatic nitrogens is 1. The molecule has 1 aromatic heterocycles. The van der Waals surface area contributed by atoms with Gasteiger partial charge in [-0.3, -0.25) is 15.3 Å². The molecule has 23 heavy (non-hydrogen) atoms. The second-order valence-corrected chi connectivity index (χ2v) is 6.00. The molecule has 2 aromatic rings. The Bertz CT molecular complexity index is 602. The molecule has 1 aromatic carbocycles. The number of hydrogen-bond acceptors (Lipinski definition) is 4. The Hall–Kier alpha value is -1.82. The molecule has 1 aliphatic rings. The smallest absolute Gasteiger partial charge is 0.123 e. The Labute approximate surface area is 136 Å². The predicted molar refractivity (Wildman–Crippen MR) is 89.0 cm³/mol. The number of hydrazine groups is 1. The van der Waals surface area contributed by atoms with Gasteiger partial charge in [-0.25, -0.2) is 9.82 Å². The van der Waals surface area contributed by atoms with Gasteiger partial charge in [0.15, 0.2) is 0 Å². The van der Waals surface area contributed by atoms with Gasteiger partial charge >= 0.3 is 0 Å². The fraction of sp³-hybridized carbons (Fsp3) is 0.389. The topological polar surface area (TPSA) is 40.2 Å². The van der Waals surface area contributed by atoms with Crippen LogP contribution in [0.5, 0.6) is 0 Å². The summed E-state index contributed by atoms with van der Waals surface area (Å²) in [5, 5.41) is 0. The molecule has 2 N–H and O–H groups in total. The first-order valence-electron chi connectivity index (χ1n) is 8.11. The van der Waals surface area contributed by atoms with E-state index in [-0.39, 0.29) is 11.9 Å². The first kappa shape index (κ1) is 16.1. The van der Waals surface area contributed by atoms with Crippen LogP contribution >= 0.6 is 0 Å². The third kappa shape index (κ3) is 4.13. The number of nitrogens with zero attached hydrogens (tertiary/aromatic N) is 2. The SMILES string of the molecule is CCN(Cc1ccncc1)CC1CNNC1c1ccc(F)cc1. The maximum absolute atomic E-state index is 13.1. The van der Waals surface area contributed by atoms with Crippen molar-refractivity contribution in [3.05, 3.63) is 65.7 Å². The average molecular weight is 314 g/mol. The van der Waals surface area contributed by atoms with Crippen molar-refractivity contribution in [2.45, 2.75) is 19.5 Å². The van der Waals surface area contributed by atoms with E-state index >= 15 is 0 Å². The third-order valence-electron chi connectivity index (χ3n) is 4.42. The first-order valence-corrected chi connectivity index (χ1v) is 8.11. The monoisotopic (exact) mass is 314 g/mol. The van der Waals surface area contributed by atoms with Crippen LogP contribution < -0.4 is 10.9 Å². The van der Waals surface area contributed by atoms with Crippen molar-refractivity contribution in [1.82, 2.24) is 20.7 Å². The van der Waals surface area contributed by atoms with Gasteiger partial charge in [0.2, 0.25) is 0 Å². The molecule has 1 fully saturated rings. The zero-order chi connectivity index (χ0) is 16.1. The molecule has 2 atom stereocenters. The molecular formula is C18H23FN4. The fourth-order valence-corrected chi connectivity index (χ4v) is 3.11. The molecule has 5 heteroatoms. The summed E-state index contributed by atoms with van der Waals surface area (Å²) in [4.78, 5) is 6.51. The van der Waals surface area contributed by atoms with E-state index in [2.05, 4.69) is 39.8 Å². The van der Waals surface area contributed by atoms with E-state index in [0.717, 1.165) is 31.7 Å². The summed E-state index contributed by atoms with van der Waals surface area (Å²) >= 11 is 0. The highest BCUT2D eigenvalue weighted by atomic mass is 19.1. The number of benzene rings is 1. The predicted octanol–water partition coefficient (Wildman–Crippen LogP) is 2.51. The van der Waals surface area contributed by atoms with Gasteiger partial charge in [0, 0.05) is 37.9 Å². The average Bonchev–Trinajstić information content (AvgIpc) is 3.04. The lowest BCUT2D eigenvalue weighted by atomic mass is 9.94. The van der Waals surface area contributed by atoms with E-state index in [9.17, 15) is 4.39 Å². The van der Waals surface area contributed by atoms with Crippen molar-refractivity contribution in [1.29, 1.82) is 0 Å². The Balaban J connectivity index is 1.66. The number of rotatable bonds is 6. The minimum absolute atomic E-state index is 0.191. The van der Waals surface area contributed by atoms with E-state index in [0.29, 0.717) is 5.92 Å². The number of hydrogen-bond donors (Lipinski definition) is 2. The molecule has 3 rings (SSSR count). The lowest BCUT2D eigenvalue weighted by Crippen LogP contribution is -2.32.